The fraction of sp³-hybridized carbons (Fsp3) is 0.538. The Kier molecular flexibility index (Phi) is 4.26. The Labute approximate surface area is 107 Å². The van der Waals surface area contributed by atoms with E-state index < -0.39 is 0 Å². The number of benzene rings is 1. The molecule has 1 aliphatic heterocycles. The number of morpholine rings is 1. The maximum absolute atomic E-state index is 6.16. The van der Waals surface area contributed by atoms with Crippen LogP contribution in [0.2, 0.25) is 5.02 Å². The summed E-state index contributed by atoms with van der Waals surface area (Å²) in [4.78, 5) is 0. The molecule has 17 heavy (non-hydrogen) atoms. The van der Waals surface area contributed by atoms with Gasteiger partial charge < -0.3 is 14.8 Å². The number of nitrogens with one attached hydrogen (secondary N) is 1. The van der Waals surface area contributed by atoms with Crippen molar-refractivity contribution < 1.29 is 9.47 Å². The van der Waals surface area contributed by atoms with E-state index in [1.54, 1.807) is 0 Å². The second-order valence-electron chi connectivity index (χ2n) is 4.22. The summed E-state index contributed by atoms with van der Waals surface area (Å²) in [7, 11) is 0. The third-order valence-electron chi connectivity index (χ3n) is 2.79. The lowest BCUT2D eigenvalue weighted by Gasteiger charge is -2.29. The van der Waals surface area contributed by atoms with Crippen LogP contribution in [0, 0.1) is 0 Å². The molecule has 0 aromatic heterocycles. The third kappa shape index (κ3) is 3.12. The van der Waals surface area contributed by atoms with Crippen LogP contribution in [0.3, 0.4) is 0 Å². The van der Waals surface area contributed by atoms with Crippen LogP contribution in [0.15, 0.2) is 18.2 Å². The van der Waals surface area contributed by atoms with E-state index >= 15 is 0 Å². The molecule has 1 heterocycles. The standard InChI is InChI=1S/C13H18ClNO2/c1-3-16-12-5-4-10(6-11(12)14)13-8-15-7-9(2)17-13/h4-6,9,13,15H,3,7-8H2,1-2H3. The number of rotatable bonds is 3. The van der Waals surface area contributed by atoms with Crippen LogP contribution in [0.5, 0.6) is 5.75 Å². The molecule has 0 radical (unpaired) electrons. The number of hydrogen-bond donors (Lipinski definition) is 1. The van der Waals surface area contributed by atoms with Crippen molar-refractivity contribution in [2.24, 2.45) is 0 Å². The highest BCUT2D eigenvalue weighted by atomic mass is 35.5. The Hall–Kier alpha value is -0.770. The molecule has 2 atom stereocenters. The first-order valence-corrected chi connectivity index (χ1v) is 6.37. The van der Waals surface area contributed by atoms with E-state index in [4.69, 9.17) is 21.1 Å². The van der Waals surface area contributed by atoms with Gasteiger partial charge in [0, 0.05) is 13.1 Å². The van der Waals surface area contributed by atoms with Gasteiger partial charge in [0.2, 0.25) is 0 Å². The van der Waals surface area contributed by atoms with Gasteiger partial charge in [-0.3, -0.25) is 0 Å². The largest absolute Gasteiger partial charge is 0.492 e. The summed E-state index contributed by atoms with van der Waals surface area (Å²) in [6.45, 7) is 6.36. The molecular formula is C13H18ClNO2. The van der Waals surface area contributed by atoms with Crippen molar-refractivity contribution in [2.45, 2.75) is 26.1 Å². The minimum atomic E-state index is 0.0759. The fourth-order valence-electron chi connectivity index (χ4n) is 1.98. The van der Waals surface area contributed by atoms with Gasteiger partial charge in [-0.2, -0.15) is 0 Å². The summed E-state index contributed by atoms with van der Waals surface area (Å²) in [5.74, 6) is 0.731. The molecule has 1 N–H and O–H groups in total. The van der Waals surface area contributed by atoms with Crippen LogP contribution in [0.25, 0.3) is 0 Å². The summed E-state index contributed by atoms with van der Waals surface area (Å²) in [5.41, 5.74) is 1.09. The monoisotopic (exact) mass is 255 g/mol. The van der Waals surface area contributed by atoms with Gasteiger partial charge in [-0.25, -0.2) is 0 Å². The molecule has 3 nitrogen and oxygen atoms in total. The van der Waals surface area contributed by atoms with Crippen LogP contribution in [-0.2, 0) is 4.74 Å². The summed E-state index contributed by atoms with van der Waals surface area (Å²) in [6, 6.07) is 5.85. The van der Waals surface area contributed by atoms with Crippen LogP contribution in [0.1, 0.15) is 25.5 Å². The zero-order chi connectivity index (χ0) is 12.3. The zero-order valence-corrected chi connectivity index (χ0v) is 11.0. The van der Waals surface area contributed by atoms with Crippen molar-refractivity contribution in [3.05, 3.63) is 28.8 Å². The highest BCUT2D eigenvalue weighted by Crippen LogP contribution is 2.30. The molecule has 0 aliphatic carbocycles. The summed E-state index contributed by atoms with van der Waals surface area (Å²) in [6.07, 6.45) is 0.311. The van der Waals surface area contributed by atoms with Gasteiger partial charge in [0.1, 0.15) is 5.75 Å². The van der Waals surface area contributed by atoms with E-state index in [1.807, 2.05) is 25.1 Å². The topological polar surface area (TPSA) is 30.5 Å². The summed E-state index contributed by atoms with van der Waals surface area (Å²) < 4.78 is 11.3. The second-order valence-corrected chi connectivity index (χ2v) is 4.62. The highest BCUT2D eigenvalue weighted by Gasteiger charge is 2.21. The van der Waals surface area contributed by atoms with Crippen molar-refractivity contribution >= 4 is 11.6 Å². The van der Waals surface area contributed by atoms with Gasteiger partial charge in [-0.05, 0) is 31.5 Å². The lowest BCUT2D eigenvalue weighted by molar-refractivity contribution is -0.0287. The maximum atomic E-state index is 6.16. The van der Waals surface area contributed by atoms with Gasteiger partial charge in [-0.15, -0.1) is 0 Å². The van der Waals surface area contributed by atoms with E-state index in [1.165, 1.54) is 0 Å². The Balaban J connectivity index is 2.13. The summed E-state index contributed by atoms with van der Waals surface area (Å²) >= 11 is 6.16. The molecule has 1 fully saturated rings. The number of ether oxygens (including phenoxy) is 2. The average molecular weight is 256 g/mol. The van der Waals surface area contributed by atoms with Crippen molar-refractivity contribution in [3.8, 4) is 5.75 Å². The Morgan fingerprint density at radius 3 is 2.94 bits per heavy atom. The number of hydrogen-bond acceptors (Lipinski definition) is 3. The van der Waals surface area contributed by atoms with E-state index in [2.05, 4.69) is 12.2 Å². The van der Waals surface area contributed by atoms with E-state index in [0.717, 1.165) is 24.4 Å². The van der Waals surface area contributed by atoms with Crippen molar-refractivity contribution in [1.29, 1.82) is 0 Å². The number of halogens is 1. The average Bonchev–Trinajstić information content (AvgIpc) is 2.32. The van der Waals surface area contributed by atoms with E-state index in [9.17, 15) is 0 Å². The maximum Gasteiger partial charge on any atom is 0.137 e. The molecule has 0 bridgehead atoms. The predicted octanol–water partition coefficient (Wildman–Crippen LogP) is 2.79. The zero-order valence-electron chi connectivity index (χ0n) is 10.2. The summed E-state index contributed by atoms with van der Waals surface area (Å²) in [5, 5.41) is 3.99. The first-order chi connectivity index (χ1) is 8.20. The predicted molar refractivity (Wildman–Crippen MR) is 68.8 cm³/mol. The normalized spacial score (nSPS) is 24.6. The molecule has 0 amide bonds. The molecule has 2 rings (SSSR count). The molecule has 1 aromatic rings. The second kappa shape index (κ2) is 5.71. The van der Waals surface area contributed by atoms with Crippen LogP contribution >= 0.6 is 11.6 Å². The molecule has 0 saturated carbocycles. The fourth-order valence-corrected chi connectivity index (χ4v) is 2.22. The molecule has 94 valence electrons. The minimum absolute atomic E-state index is 0.0759. The quantitative estimate of drug-likeness (QED) is 0.901. The molecule has 4 heteroatoms. The molecule has 0 spiro atoms. The Morgan fingerprint density at radius 2 is 2.29 bits per heavy atom. The SMILES string of the molecule is CCOc1ccc(C2CNCC(C)O2)cc1Cl. The molecule has 1 aromatic carbocycles. The Bertz CT molecular complexity index is 384. The van der Waals surface area contributed by atoms with E-state index in [-0.39, 0.29) is 12.2 Å². The van der Waals surface area contributed by atoms with Gasteiger partial charge in [0.25, 0.3) is 0 Å². The lowest BCUT2D eigenvalue weighted by atomic mass is 10.1. The van der Waals surface area contributed by atoms with Crippen molar-refractivity contribution in [1.82, 2.24) is 5.32 Å². The van der Waals surface area contributed by atoms with E-state index in [0.29, 0.717) is 11.6 Å². The first kappa shape index (κ1) is 12.7. The highest BCUT2D eigenvalue weighted by molar-refractivity contribution is 6.32. The Morgan fingerprint density at radius 1 is 1.47 bits per heavy atom. The van der Waals surface area contributed by atoms with Gasteiger partial charge in [0.15, 0.2) is 0 Å². The third-order valence-corrected chi connectivity index (χ3v) is 3.08. The smallest absolute Gasteiger partial charge is 0.137 e. The minimum Gasteiger partial charge on any atom is -0.492 e. The van der Waals surface area contributed by atoms with Crippen molar-refractivity contribution in [2.75, 3.05) is 19.7 Å². The molecule has 2 unspecified atom stereocenters. The molecule has 1 aliphatic rings. The van der Waals surface area contributed by atoms with Gasteiger partial charge in [0.05, 0.1) is 23.8 Å². The lowest BCUT2D eigenvalue weighted by Crippen LogP contribution is -2.38. The van der Waals surface area contributed by atoms with Gasteiger partial charge >= 0.3 is 0 Å². The van der Waals surface area contributed by atoms with Crippen LogP contribution in [-0.4, -0.2) is 25.8 Å². The van der Waals surface area contributed by atoms with Gasteiger partial charge in [-0.1, -0.05) is 17.7 Å². The first-order valence-electron chi connectivity index (χ1n) is 5.99. The molecular weight excluding hydrogens is 238 g/mol. The van der Waals surface area contributed by atoms with Crippen molar-refractivity contribution in [3.63, 3.8) is 0 Å². The van der Waals surface area contributed by atoms with Crippen LogP contribution in [0.4, 0.5) is 0 Å². The molecule has 1 saturated heterocycles. The van der Waals surface area contributed by atoms with Crippen LogP contribution < -0.4 is 10.1 Å².